The van der Waals surface area contributed by atoms with Crippen LogP contribution in [0.5, 0.6) is 0 Å². The molecule has 0 aromatic carbocycles. The van der Waals surface area contributed by atoms with Crippen LogP contribution >= 0.6 is 0 Å². The van der Waals surface area contributed by atoms with Crippen LogP contribution in [0.15, 0.2) is 0 Å². The second-order valence-corrected chi connectivity index (χ2v) is 7.20. The minimum atomic E-state index is 0.400. The fraction of sp³-hybridized carbons (Fsp3) is 0.941. The van der Waals surface area contributed by atoms with Crippen LogP contribution in [0.25, 0.3) is 0 Å². The van der Waals surface area contributed by atoms with Crippen molar-refractivity contribution in [1.29, 1.82) is 0 Å². The molecule has 2 aliphatic rings. The van der Waals surface area contributed by atoms with Crippen molar-refractivity contribution >= 4 is 5.91 Å². The first kappa shape index (κ1) is 15.8. The lowest BCUT2D eigenvalue weighted by Crippen LogP contribution is -2.41. The molecule has 116 valence electrons. The molecule has 0 radical (unpaired) electrons. The smallest absolute Gasteiger partial charge is 0.223 e. The van der Waals surface area contributed by atoms with Gasteiger partial charge in [0.1, 0.15) is 0 Å². The van der Waals surface area contributed by atoms with E-state index in [0.29, 0.717) is 23.8 Å². The van der Waals surface area contributed by atoms with Crippen molar-refractivity contribution in [2.24, 2.45) is 17.8 Å². The van der Waals surface area contributed by atoms with Crippen molar-refractivity contribution in [2.45, 2.75) is 65.3 Å². The van der Waals surface area contributed by atoms with Crippen LogP contribution in [0.2, 0.25) is 0 Å². The Morgan fingerprint density at radius 2 is 1.90 bits per heavy atom. The number of nitrogens with one attached hydrogen (secondary N) is 1. The summed E-state index contributed by atoms with van der Waals surface area (Å²) in [5, 5.41) is 3.41. The Morgan fingerprint density at radius 1 is 1.20 bits per heavy atom. The van der Waals surface area contributed by atoms with Gasteiger partial charge in [0.25, 0.3) is 0 Å². The second kappa shape index (κ2) is 7.44. The van der Waals surface area contributed by atoms with E-state index >= 15 is 0 Å². The lowest BCUT2D eigenvalue weighted by Gasteiger charge is -2.32. The Kier molecular flexibility index (Phi) is 5.88. The Labute approximate surface area is 124 Å². The highest BCUT2D eigenvalue weighted by molar-refractivity contribution is 5.76. The predicted molar refractivity (Wildman–Crippen MR) is 83.6 cm³/mol. The van der Waals surface area contributed by atoms with E-state index in [1.165, 1.54) is 32.1 Å². The maximum absolute atomic E-state index is 12.7. The average Bonchev–Trinajstić information content (AvgIpc) is 2.61. The van der Waals surface area contributed by atoms with Crippen molar-refractivity contribution in [3.8, 4) is 0 Å². The molecule has 3 unspecified atom stereocenters. The van der Waals surface area contributed by atoms with Crippen LogP contribution in [0.1, 0.15) is 59.3 Å². The SMILES string of the molecule is CC1CCCC(C)N(C(=O)CC(C)C2CCNCC2)C1. The van der Waals surface area contributed by atoms with Crippen molar-refractivity contribution in [2.75, 3.05) is 19.6 Å². The maximum atomic E-state index is 12.7. The summed E-state index contributed by atoms with van der Waals surface area (Å²) in [6, 6.07) is 0.438. The third-order valence-electron chi connectivity index (χ3n) is 5.36. The molecular weight excluding hydrogens is 248 g/mol. The van der Waals surface area contributed by atoms with Gasteiger partial charge in [-0.15, -0.1) is 0 Å². The maximum Gasteiger partial charge on any atom is 0.223 e. The summed E-state index contributed by atoms with van der Waals surface area (Å²) >= 11 is 0. The normalized spacial score (nSPS) is 30.9. The standard InChI is InChI=1S/C17H32N2O/c1-13-5-4-6-15(3)19(12-13)17(20)11-14(2)16-7-9-18-10-8-16/h13-16,18H,4-12H2,1-3H3. The summed E-state index contributed by atoms with van der Waals surface area (Å²) in [5.74, 6) is 2.34. The van der Waals surface area contributed by atoms with Gasteiger partial charge >= 0.3 is 0 Å². The summed E-state index contributed by atoms with van der Waals surface area (Å²) in [4.78, 5) is 14.8. The Balaban J connectivity index is 1.88. The molecule has 1 N–H and O–H groups in total. The monoisotopic (exact) mass is 280 g/mol. The molecule has 3 atom stereocenters. The molecule has 2 rings (SSSR count). The number of hydrogen-bond acceptors (Lipinski definition) is 2. The second-order valence-electron chi connectivity index (χ2n) is 7.20. The van der Waals surface area contributed by atoms with Gasteiger partial charge in [-0.05, 0) is 63.5 Å². The quantitative estimate of drug-likeness (QED) is 0.862. The van der Waals surface area contributed by atoms with Crippen molar-refractivity contribution in [1.82, 2.24) is 10.2 Å². The lowest BCUT2D eigenvalue weighted by molar-refractivity contribution is -0.135. The molecule has 0 spiro atoms. The molecule has 0 bridgehead atoms. The Bertz CT molecular complexity index is 312. The van der Waals surface area contributed by atoms with E-state index in [1.807, 2.05) is 0 Å². The number of rotatable bonds is 3. The molecule has 2 aliphatic heterocycles. The highest BCUT2D eigenvalue weighted by Crippen LogP contribution is 2.27. The van der Waals surface area contributed by atoms with Crippen LogP contribution in [0.4, 0.5) is 0 Å². The first-order valence-electron chi connectivity index (χ1n) is 8.58. The third-order valence-corrected chi connectivity index (χ3v) is 5.36. The minimum Gasteiger partial charge on any atom is -0.340 e. The van der Waals surface area contributed by atoms with Gasteiger partial charge in [-0.1, -0.05) is 20.3 Å². The summed E-state index contributed by atoms with van der Waals surface area (Å²) in [7, 11) is 0. The molecule has 0 aromatic rings. The highest BCUT2D eigenvalue weighted by atomic mass is 16.2. The number of amides is 1. The average molecular weight is 280 g/mol. The first-order valence-corrected chi connectivity index (χ1v) is 8.58. The number of nitrogens with zero attached hydrogens (tertiary/aromatic N) is 1. The van der Waals surface area contributed by atoms with Crippen LogP contribution in [-0.2, 0) is 4.79 Å². The van der Waals surface area contributed by atoms with Crippen LogP contribution in [0.3, 0.4) is 0 Å². The summed E-state index contributed by atoms with van der Waals surface area (Å²) in [6.07, 6.45) is 6.95. The molecule has 0 saturated carbocycles. The van der Waals surface area contributed by atoms with E-state index in [9.17, 15) is 4.79 Å². The van der Waals surface area contributed by atoms with Gasteiger partial charge < -0.3 is 10.2 Å². The molecular formula is C17H32N2O. The number of carbonyl (C=O) groups excluding carboxylic acids is 1. The van der Waals surface area contributed by atoms with E-state index in [-0.39, 0.29) is 0 Å². The van der Waals surface area contributed by atoms with Gasteiger partial charge in [-0.25, -0.2) is 0 Å². The molecule has 3 heteroatoms. The summed E-state index contributed by atoms with van der Waals surface area (Å²) < 4.78 is 0. The number of piperidine rings is 1. The largest absolute Gasteiger partial charge is 0.340 e. The van der Waals surface area contributed by atoms with Crippen LogP contribution < -0.4 is 5.32 Å². The van der Waals surface area contributed by atoms with E-state index in [1.54, 1.807) is 0 Å². The van der Waals surface area contributed by atoms with Gasteiger partial charge in [0.05, 0.1) is 0 Å². The lowest BCUT2D eigenvalue weighted by atomic mass is 9.84. The topological polar surface area (TPSA) is 32.3 Å². The van der Waals surface area contributed by atoms with Gasteiger partial charge in [0.15, 0.2) is 0 Å². The van der Waals surface area contributed by atoms with Gasteiger partial charge in [0, 0.05) is 19.0 Å². The molecule has 2 saturated heterocycles. The van der Waals surface area contributed by atoms with Crippen LogP contribution in [0, 0.1) is 17.8 Å². The van der Waals surface area contributed by atoms with Crippen LogP contribution in [-0.4, -0.2) is 36.5 Å². The molecule has 2 fully saturated rings. The summed E-state index contributed by atoms with van der Waals surface area (Å²) in [5.41, 5.74) is 0. The van der Waals surface area contributed by atoms with E-state index in [4.69, 9.17) is 0 Å². The van der Waals surface area contributed by atoms with E-state index in [0.717, 1.165) is 32.0 Å². The predicted octanol–water partition coefficient (Wildman–Crippen LogP) is 3.05. The van der Waals surface area contributed by atoms with Crippen molar-refractivity contribution < 1.29 is 4.79 Å². The van der Waals surface area contributed by atoms with Crippen molar-refractivity contribution in [3.05, 3.63) is 0 Å². The van der Waals surface area contributed by atoms with Gasteiger partial charge in [-0.2, -0.15) is 0 Å². The highest BCUT2D eigenvalue weighted by Gasteiger charge is 2.28. The zero-order valence-electron chi connectivity index (χ0n) is 13.5. The molecule has 0 aliphatic carbocycles. The molecule has 20 heavy (non-hydrogen) atoms. The molecule has 3 nitrogen and oxygen atoms in total. The molecule has 2 heterocycles. The van der Waals surface area contributed by atoms with Crippen molar-refractivity contribution in [3.63, 3.8) is 0 Å². The number of carbonyl (C=O) groups is 1. The molecule has 0 aromatic heterocycles. The number of likely N-dealkylation sites (tertiary alicyclic amines) is 1. The zero-order chi connectivity index (χ0) is 14.5. The van der Waals surface area contributed by atoms with Gasteiger partial charge in [-0.3, -0.25) is 4.79 Å². The number of hydrogen-bond donors (Lipinski definition) is 1. The fourth-order valence-electron chi connectivity index (χ4n) is 3.84. The van der Waals surface area contributed by atoms with E-state index in [2.05, 4.69) is 31.0 Å². The van der Waals surface area contributed by atoms with Gasteiger partial charge in [0.2, 0.25) is 5.91 Å². The minimum absolute atomic E-state index is 0.400. The Hall–Kier alpha value is -0.570. The third kappa shape index (κ3) is 4.21. The zero-order valence-corrected chi connectivity index (χ0v) is 13.5. The molecule has 1 amide bonds. The first-order chi connectivity index (χ1) is 9.58. The Morgan fingerprint density at radius 3 is 2.60 bits per heavy atom. The fourth-order valence-corrected chi connectivity index (χ4v) is 3.84. The summed E-state index contributed by atoms with van der Waals surface area (Å²) in [6.45, 7) is 10.0. The van der Waals surface area contributed by atoms with E-state index < -0.39 is 0 Å².